The lowest BCUT2D eigenvalue weighted by molar-refractivity contribution is 0.941. The Balaban J connectivity index is 3.11. The summed E-state index contributed by atoms with van der Waals surface area (Å²) in [5, 5.41) is 4.15. The molecule has 1 rings (SSSR count). The molecule has 0 radical (unpaired) electrons. The standard InChI is InChI=1S/C9H15N3S/c1-5-13-9-6(2)8(10-4)11-7(3)12-9/h5H2,1-4H3,(H,10,11,12). The summed E-state index contributed by atoms with van der Waals surface area (Å²) in [4.78, 5) is 8.68. The molecule has 0 bridgehead atoms. The highest BCUT2D eigenvalue weighted by atomic mass is 32.2. The van der Waals surface area contributed by atoms with Crippen LogP contribution in [0.4, 0.5) is 5.82 Å². The van der Waals surface area contributed by atoms with Crippen molar-refractivity contribution >= 4 is 17.6 Å². The normalized spacial score (nSPS) is 10.2. The maximum absolute atomic E-state index is 4.38. The fraction of sp³-hybridized carbons (Fsp3) is 0.556. The van der Waals surface area contributed by atoms with Gasteiger partial charge >= 0.3 is 0 Å². The molecular formula is C9H15N3S. The Hall–Kier alpha value is -0.770. The third kappa shape index (κ3) is 2.34. The number of thioether (sulfide) groups is 1. The lowest BCUT2D eigenvalue weighted by atomic mass is 10.3. The van der Waals surface area contributed by atoms with Crippen molar-refractivity contribution in [3.8, 4) is 0 Å². The van der Waals surface area contributed by atoms with E-state index in [2.05, 4.69) is 22.2 Å². The zero-order chi connectivity index (χ0) is 9.84. The van der Waals surface area contributed by atoms with Gasteiger partial charge in [-0.25, -0.2) is 9.97 Å². The summed E-state index contributed by atoms with van der Waals surface area (Å²) < 4.78 is 0. The smallest absolute Gasteiger partial charge is 0.133 e. The van der Waals surface area contributed by atoms with Crippen LogP contribution < -0.4 is 5.32 Å². The maximum Gasteiger partial charge on any atom is 0.133 e. The highest BCUT2D eigenvalue weighted by Crippen LogP contribution is 2.23. The summed E-state index contributed by atoms with van der Waals surface area (Å²) in [6.07, 6.45) is 0. The van der Waals surface area contributed by atoms with Crippen molar-refractivity contribution in [2.24, 2.45) is 0 Å². The van der Waals surface area contributed by atoms with E-state index in [4.69, 9.17) is 0 Å². The van der Waals surface area contributed by atoms with Gasteiger partial charge in [0.15, 0.2) is 0 Å². The zero-order valence-corrected chi connectivity index (χ0v) is 9.33. The minimum absolute atomic E-state index is 0.825. The molecule has 0 fully saturated rings. The third-order valence-electron chi connectivity index (χ3n) is 1.73. The van der Waals surface area contributed by atoms with Gasteiger partial charge in [0.25, 0.3) is 0 Å². The Kier molecular flexibility index (Phi) is 3.54. The minimum Gasteiger partial charge on any atom is -0.373 e. The molecule has 0 saturated carbocycles. The molecule has 0 unspecified atom stereocenters. The molecule has 13 heavy (non-hydrogen) atoms. The van der Waals surface area contributed by atoms with Crippen LogP contribution in [-0.2, 0) is 0 Å². The van der Waals surface area contributed by atoms with E-state index in [1.807, 2.05) is 20.9 Å². The molecular weight excluding hydrogens is 182 g/mol. The summed E-state index contributed by atoms with van der Waals surface area (Å²) in [5.41, 5.74) is 1.14. The molecule has 0 aliphatic heterocycles. The summed E-state index contributed by atoms with van der Waals surface area (Å²) in [6.45, 7) is 6.09. The van der Waals surface area contributed by atoms with Gasteiger partial charge in [-0.2, -0.15) is 0 Å². The predicted octanol–water partition coefficient (Wildman–Crippen LogP) is 2.25. The van der Waals surface area contributed by atoms with E-state index in [0.717, 1.165) is 28.0 Å². The van der Waals surface area contributed by atoms with E-state index in [1.54, 1.807) is 11.8 Å². The number of nitrogens with one attached hydrogen (secondary N) is 1. The summed E-state index contributed by atoms with van der Waals surface area (Å²) in [6, 6.07) is 0. The molecule has 0 aromatic carbocycles. The number of rotatable bonds is 3. The van der Waals surface area contributed by atoms with Crippen molar-refractivity contribution in [2.75, 3.05) is 18.1 Å². The van der Waals surface area contributed by atoms with Crippen molar-refractivity contribution in [2.45, 2.75) is 25.8 Å². The molecule has 1 N–H and O–H groups in total. The van der Waals surface area contributed by atoms with Crippen LogP contribution in [-0.4, -0.2) is 22.8 Å². The number of anilines is 1. The van der Waals surface area contributed by atoms with Crippen molar-refractivity contribution < 1.29 is 0 Å². The first-order valence-electron chi connectivity index (χ1n) is 4.34. The van der Waals surface area contributed by atoms with E-state index in [-0.39, 0.29) is 0 Å². The Labute approximate surface area is 83.4 Å². The zero-order valence-electron chi connectivity index (χ0n) is 8.51. The molecule has 4 heteroatoms. The van der Waals surface area contributed by atoms with Crippen LogP contribution in [0.3, 0.4) is 0 Å². The quantitative estimate of drug-likeness (QED) is 0.595. The highest BCUT2D eigenvalue weighted by molar-refractivity contribution is 7.99. The van der Waals surface area contributed by atoms with Gasteiger partial charge in [-0.05, 0) is 19.6 Å². The summed E-state index contributed by atoms with van der Waals surface area (Å²) in [5.74, 6) is 2.80. The van der Waals surface area contributed by atoms with E-state index in [9.17, 15) is 0 Å². The first-order valence-corrected chi connectivity index (χ1v) is 5.33. The fourth-order valence-corrected chi connectivity index (χ4v) is 1.91. The average molecular weight is 197 g/mol. The molecule has 0 aliphatic carbocycles. The van der Waals surface area contributed by atoms with Crippen LogP contribution in [0.5, 0.6) is 0 Å². The Morgan fingerprint density at radius 2 is 2.00 bits per heavy atom. The maximum atomic E-state index is 4.38. The lowest BCUT2D eigenvalue weighted by Gasteiger charge is -2.08. The molecule has 0 spiro atoms. The first-order chi connectivity index (χ1) is 6.19. The topological polar surface area (TPSA) is 37.8 Å². The highest BCUT2D eigenvalue weighted by Gasteiger charge is 2.06. The molecule has 1 heterocycles. The van der Waals surface area contributed by atoms with E-state index in [0.29, 0.717) is 0 Å². The van der Waals surface area contributed by atoms with Gasteiger partial charge in [-0.1, -0.05) is 6.92 Å². The van der Waals surface area contributed by atoms with Gasteiger partial charge in [0.1, 0.15) is 16.7 Å². The van der Waals surface area contributed by atoms with Crippen molar-refractivity contribution in [3.63, 3.8) is 0 Å². The van der Waals surface area contributed by atoms with Gasteiger partial charge in [0, 0.05) is 12.6 Å². The molecule has 0 saturated heterocycles. The van der Waals surface area contributed by atoms with Crippen molar-refractivity contribution in [1.82, 2.24) is 9.97 Å². The van der Waals surface area contributed by atoms with Crippen LogP contribution in [0.1, 0.15) is 18.3 Å². The van der Waals surface area contributed by atoms with Crippen LogP contribution in [0, 0.1) is 13.8 Å². The molecule has 3 nitrogen and oxygen atoms in total. The fourth-order valence-electron chi connectivity index (χ4n) is 1.12. The predicted molar refractivity (Wildman–Crippen MR) is 57.5 cm³/mol. The van der Waals surface area contributed by atoms with Gasteiger partial charge in [-0.15, -0.1) is 11.8 Å². The van der Waals surface area contributed by atoms with Crippen molar-refractivity contribution in [3.05, 3.63) is 11.4 Å². The summed E-state index contributed by atoms with van der Waals surface area (Å²) >= 11 is 1.75. The van der Waals surface area contributed by atoms with Gasteiger partial charge in [0.2, 0.25) is 0 Å². The van der Waals surface area contributed by atoms with Gasteiger partial charge in [-0.3, -0.25) is 0 Å². The number of aromatic nitrogens is 2. The number of hydrogen-bond acceptors (Lipinski definition) is 4. The minimum atomic E-state index is 0.825. The Morgan fingerprint density at radius 1 is 1.31 bits per heavy atom. The second kappa shape index (κ2) is 4.46. The molecule has 72 valence electrons. The Morgan fingerprint density at radius 3 is 2.54 bits per heavy atom. The van der Waals surface area contributed by atoms with Gasteiger partial charge in [0.05, 0.1) is 0 Å². The van der Waals surface area contributed by atoms with Crippen LogP contribution in [0.25, 0.3) is 0 Å². The van der Waals surface area contributed by atoms with Crippen LogP contribution in [0.15, 0.2) is 5.03 Å². The average Bonchev–Trinajstić information content (AvgIpc) is 2.11. The summed E-state index contributed by atoms with van der Waals surface area (Å²) in [7, 11) is 1.88. The number of nitrogens with zero attached hydrogens (tertiary/aromatic N) is 2. The lowest BCUT2D eigenvalue weighted by Crippen LogP contribution is -2.02. The Bertz CT molecular complexity index is 299. The second-order valence-corrected chi connectivity index (χ2v) is 3.99. The molecule has 0 amide bonds. The third-order valence-corrected chi connectivity index (χ3v) is 2.69. The molecule has 1 aromatic rings. The number of aryl methyl sites for hydroxylation is 1. The van der Waals surface area contributed by atoms with E-state index < -0.39 is 0 Å². The number of hydrogen-bond donors (Lipinski definition) is 1. The molecule has 0 atom stereocenters. The first kappa shape index (κ1) is 10.3. The SMILES string of the molecule is CCSc1nc(C)nc(NC)c1C. The second-order valence-electron chi connectivity index (χ2n) is 2.73. The van der Waals surface area contributed by atoms with Crippen molar-refractivity contribution in [1.29, 1.82) is 0 Å². The largest absolute Gasteiger partial charge is 0.373 e. The molecule has 0 aliphatic rings. The van der Waals surface area contributed by atoms with E-state index in [1.165, 1.54) is 0 Å². The van der Waals surface area contributed by atoms with E-state index >= 15 is 0 Å². The molecule has 1 aromatic heterocycles. The van der Waals surface area contributed by atoms with Crippen LogP contribution >= 0.6 is 11.8 Å². The van der Waals surface area contributed by atoms with Crippen LogP contribution in [0.2, 0.25) is 0 Å². The van der Waals surface area contributed by atoms with Gasteiger partial charge < -0.3 is 5.32 Å². The monoisotopic (exact) mass is 197 g/mol.